The van der Waals surface area contributed by atoms with Gasteiger partial charge in [-0.3, -0.25) is 14.5 Å². The summed E-state index contributed by atoms with van der Waals surface area (Å²) in [6.07, 6.45) is 4.42. The van der Waals surface area contributed by atoms with Crippen molar-refractivity contribution in [2.45, 2.75) is 0 Å². The number of aromatic nitrogens is 4. The van der Waals surface area contributed by atoms with Gasteiger partial charge in [-0.25, -0.2) is 9.78 Å². The van der Waals surface area contributed by atoms with E-state index in [4.69, 9.17) is 14.7 Å². The number of aromatic amines is 1. The van der Waals surface area contributed by atoms with Crippen LogP contribution in [0.5, 0.6) is 0 Å². The van der Waals surface area contributed by atoms with Gasteiger partial charge in [0.05, 0.1) is 11.3 Å². The molecular formula is C22H24N6O5. The number of nitrogens with zero attached hydrogens (tertiary/aromatic N) is 5. The molecule has 3 aromatic rings. The second-order valence-corrected chi connectivity index (χ2v) is 6.87. The summed E-state index contributed by atoms with van der Waals surface area (Å²) in [6, 6.07) is 11.3. The third-order valence-electron chi connectivity index (χ3n) is 4.75. The molecule has 0 unspecified atom stereocenters. The van der Waals surface area contributed by atoms with Crippen LogP contribution in [-0.4, -0.2) is 75.1 Å². The molecule has 1 fully saturated rings. The van der Waals surface area contributed by atoms with Crippen molar-refractivity contribution in [3.8, 4) is 17.1 Å². The van der Waals surface area contributed by atoms with Crippen molar-refractivity contribution in [3.05, 3.63) is 71.9 Å². The van der Waals surface area contributed by atoms with Gasteiger partial charge in [-0.1, -0.05) is 24.8 Å². The number of para-hydroxylation sites is 1. The lowest BCUT2D eigenvalue weighted by atomic mass is 10.1. The average molecular weight is 452 g/mol. The van der Waals surface area contributed by atoms with E-state index in [1.807, 2.05) is 36.5 Å². The smallest absolute Gasteiger partial charge is 0.373 e. The molecule has 4 rings (SSSR count). The van der Waals surface area contributed by atoms with Crippen molar-refractivity contribution in [2.24, 2.45) is 0 Å². The Morgan fingerprint density at radius 2 is 1.79 bits per heavy atom. The number of carbonyl (C=O) groups excluding carboxylic acids is 2. The lowest BCUT2D eigenvalue weighted by molar-refractivity contribution is -0.191. The van der Waals surface area contributed by atoms with E-state index >= 15 is 0 Å². The number of pyridine rings is 1. The molecule has 1 saturated heterocycles. The third-order valence-corrected chi connectivity index (χ3v) is 4.75. The fourth-order valence-corrected chi connectivity index (χ4v) is 3.14. The highest BCUT2D eigenvalue weighted by atomic mass is 16.4. The molecule has 0 atom stereocenters. The monoisotopic (exact) mass is 452 g/mol. The standard InChI is InChI=1S/C18H20N6O.C3H4O2.CO2/c1-22-7-9-23(10-8-22)16-11-17(25)24(14-5-3-2-4-6-14)12-15(16)18-19-13-20-21-18;1-2-3(4)5;2-1-3/h2-6,11-13H,7-10H2,1H3,(H,19,20,21);2H,1H2,(H,4,5);. The maximum Gasteiger partial charge on any atom is 0.373 e. The van der Waals surface area contributed by atoms with E-state index in [9.17, 15) is 9.59 Å². The van der Waals surface area contributed by atoms with Crippen molar-refractivity contribution in [1.82, 2.24) is 24.6 Å². The first-order valence-electron chi connectivity index (χ1n) is 9.87. The lowest BCUT2D eigenvalue weighted by Gasteiger charge is -2.35. The third kappa shape index (κ3) is 7.10. The zero-order valence-electron chi connectivity index (χ0n) is 18.0. The van der Waals surface area contributed by atoms with Gasteiger partial charge in [0, 0.05) is 50.2 Å². The molecule has 33 heavy (non-hydrogen) atoms. The molecule has 0 radical (unpaired) electrons. The van der Waals surface area contributed by atoms with Crippen molar-refractivity contribution in [3.63, 3.8) is 0 Å². The lowest BCUT2D eigenvalue weighted by Crippen LogP contribution is -2.45. The highest BCUT2D eigenvalue weighted by molar-refractivity contribution is 5.78. The van der Waals surface area contributed by atoms with Crippen LogP contribution >= 0.6 is 0 Å². The van der Waals surface area contributed by atoms with E-state index in [0.29, 0.717) is 5.82 Å². The summed E-state index contributed by atoms with van der Waals surface area (Å²) in [7, 11) is 2.11. The van der Waals surface area contributed by atoms with E-state index in [1.165, 1.54) is 6.33 Å². The molecule has 1 aliphatic rings. The minimum atomic E-state index is -0.981. The Morgan fingerprint density at radius 3 is 2.30 bits per heavy atom. The zero-order chi connectivity index (χ0) is 24.2. The van der Waals surface area contributed by atoms with E-state index in [2.05, 4.69) is 38.6 Å². The van der Waals surface area contributed by atoms with Gasteiger partial charge in [-0.15, -0.1) is 0 Å². The quantitative estimate of drug-likeness (QED) is 0.555. The molecule has 1 aromatic carbocycles. The Hall–Kier alpha value is -4.34. The number of H-pyrrole nitrogens is 1. The predicted molar refractivity (Wildman–Crippen MR) is 120 cm³/mol. The van der Waals surface area contributed by atoms with Gasteiger partial charge in [-0.05, 0) is 19.2 Å². The second-order valence-electron chi connectivity index (χ2n) is 6.87. The van der Waals surface area contributed by atoms with Gasteiger partial charge in [0.2, 0.25) is 0 Å². The van der Waals surface area contributed by atoms with Crippen LogP contribution in [0.4, 0.5) is 5.69 Å². The van der Waals surface area contributed by atoms with E-state index in [1.54, 1.807) is 10.6 Å². The molecular weight excluding hydrogens is 428 g/mol. The van der Waals surface area contributed by atoms with Crippen LogP contribution in [0.25, 0.3) is 17.1 Å². The summed E-state index contributed by atoms with van der Waals surface area (Å²) < 4.78 is 1.65. The molecule has 0 aliphatic carbocycles. The van der Waals surface area contributed by atoms with Gasteiger partial charge in [0.1, 0.15) is 6.33 Å². The average Bonchev–Trinajstić information content (AvgIpc) is 3.36. The van der Waals surface area contributed by atoms with E-state index in [0.717, 1.165) is 49.2 Å². The Labute approximate surface area is 189 Å². The number of carboxylic acid groups (broad SMARTS) is 1. The summed E-state index contributed by atoms with van der Waals surface area (Å²) in [4.78, 5) is 47.1. The van der Waals surface area contributed by atoms with Crippen molar-refractivity contribution in [1.29, 1.82) is 0 Å². The normalized spacial score (nSPS) is 12.9. The number of rotatable bonds is 4. The van der Waals surface area contributed by atoms with Crippen LogP contribution in [0.2, 0.25) is 0 Å². The molecule has 172 valence electrons. The summed E-state index contributed by atoms with van der Waals surface area (Å²) in [6.45, 7) is 6.66. The first kappa shape index (κ1) is 24.9. The summed E-state index contributed by atoms with van der Waals surface area (Å²) >= 11 is 0. The fraction of sp³-hybridized carbons (Fsp3) is 0.227. The number of carbonyl (C=O) groups is 1. The van der Waals surface area contributed by atoms with Crippen molar-refractivity contribution < 1.29 is 19.5 Å². The molecule has 1 aliphatic heterocycles. The SMILES string of the molecule is C=CC(=O)O.CN1CCN(c2cc(=O)n(-c3ccccc3)cc2-c2ncn[nH]2)CC1.O=C=O. The van der Waals surface area contributed by atoms with Gasteiger partial charge >= 0.3 is 12.1 Å². The maximum absolute atomic E-state index is 12.7. The molecule has 2 N–H and O–H groups in total. The minimum Gasteiger partial charge on any atom is -0.478 e. The Kier molecular flexibility index (Phi) is 9.44. The molecule has 11 heteroatoms. The van der Waals surface area contributed by atoms with Crippen LogP contribution in [0.15, 0.2) is 66.4 Å². The number of anilines is 1. The number of nitrogens with one attached hydrogen (secondary N) is 1. The number of aliphatic carboxylic acids is 1. The highest BCUT2D eigenvalue weighted by Gasteiger charge is 2.20. The Bertz CT molecular complexity index is 1130. The number of benzene rings is 1. The molecule has 11 nitrogen and oxygen atoms in total. The van der Waals surface area contributed by atoms with Gasteiger partial charge in [-0.2, -0.15) is 14.7 Å². The molecule has 0 amide bonds. The van der Waals surface area contributed by atoms with Gasteiger partial charge in [0.25, 0.3) is 5.56 Å². The summed E-state index contributed by atoms with van der Waals surface area (Å²) in [5.74, 6) is -0.316. The largest absolute Gasteiger partial charge is 0.478 e. The van der Waals surface area contributed by atoms with Crippen LogP contribution in [0.3, 0.4) is 0 Å². The van der Waals surface area contributed by atoms with Crippen molar-refractivity contribution >= 4 is 17.8 Å². The highest BCUT2D eigenvalue weighted by Crippen LogP contribution is 2.28. The number of hydrogen-bond acceptors (Lipinski definition) is 8. The second kappa shape index (κ2) is 12.5. The number of piperazine rings is 1. The van der Waals surface area contributed by atoms with Gasteiger partial charge in [0.15, 0.2) is 5.82 Å². The number of carboxylic acids is 1. The fourth-order valence-electron chi connectivity index (χ4n) is 3.14. The molecule has 0 saturated carbocycles. The minimum absolute atomic E-state index is 0.0524. The predicted octanol–water partition coefficient (Wildman–Crippen LogP) is 1.05. The maximum atomic E-state index is 12.7. The van der Waals surface area contributed by atoms with Crippen LogP contribution in [0, 0.1) is 0 Å². The molecule has 0 bridgehead atoms. The molecule has 2 aromatic heterocycles. The Balaban J connectivity index is 0.000000420. The topological polar surface area (TPSA) is 141 Å². The molecule has 0 spiro atoms. The summed E-state index contributed by atoms with van der Waals surface area (Å²) in [5.41, 5.74) is 2.56. The summed E-state index contributed by atoms with van der Waals surface area (Å²) in [5, 5.41) is 14.5. The van der Waals surface area contributed by atoms with Gasteiger partial charge < -0.3 is 14.9 Å². The van der Waals surface area contributed by atoms with E-state index < -0.39 is 5.97 Å². The number of likely N-dealkylation sites (N-methyl/N-ethyl adjacent to an activating group) is 1. The van der Waals surface area contributed by atoms with Crippen LogP contribution in [-0.2, 0) is 14.4 Å². The van der Waals surface area contributed by atoms with Crippen LogP contribution < -0.4 is 10.5 Å². The van der Waals surface area contributed by atoms with E-state index in [-0.39, 0.29) is 11.7 Å². The first-order chi connectivity index (χ1) is 15.9. The van der Waals surface area contributed by atoms with Crippen molar-refractivity contribution in [2.75, 3.05) is 38.1 Å². The molecule has 3 heterocycles. The Morgan fingerprint density at radius 1 is 1.18 bits per heavy atom. The number of hydrogen-bond donors (Lipinski definition) is 2. The van der Waals surface area contributed by atoms with Crippen LogP contribution in [0.1, 0.15) is 0 Å². The first-order valence-corrected chi connectivity index (χ1v) is 9.87. The zero-order valence-corrected chi connectivity index (χ0v) is 18.0.